The zero-order chi connectivity index (χ0) is 10.5. The zero-order valence-electron chi connectivity index (χ0n) is 9.02. The number of rotatable bonds is 6. The Balaban J connectivity index is 4.22. The van der Waals surface area contributed by atoms with Crippen LogP contribution in [0.4, 0.5) is 0 Å². The summed E-state index contributed by atoms with van der Waals surface area (Å²) < 4.78 is 16.7. The van der Waals surface area contributed by atoms with Gasteiger partial charge in [-0.15, -0.1) is 11.1 Å². The molecule has 0 aromatic heterocycles. The second-order valence-corrected chi connectivity index (χ2v) is 11.8. The second-order valence-electron chi connectivity index (χ2n) is 3.19. The Bertz CT molecular complexity index is 143. The van der Waals surface area contributed by atoms with E-state index in [4.69, 9.17) is 24.0 Å². The first-order valence-electron chi connectivity index (χ1n) is 4.50. The molecule has 0 spiro atoms. The number of halogens is 1. The van der Waals surface area contributed by atoms with Crippen molar-refractivity contribution in [1.82, 2.24) is 0 Å². The van der Waals surface area contributed by atoms with E-state index in [0.717, 1.165) is 0 Å². The molecule has 0 N–H and O–H groups in total. The Morgan fingerprint density at radius 3 is 1.62 bits per heavy atom. The van der Waals surface area contributed by atoms with Crippen molar-refractivity contribution >= 4 is 27.5 Å². The van der Waals surface area contributed by atoms with Gasteiger partial charge in [-0.3, -0.25) is 0 Å². The molecule has 0 bridgehead atoms. The largest absolute Gasteiger partial charge is 0.488 e. The molecule has 0 aromatic carbocycles. The topological polar surface area (TPSA) is 27.7 Å². The van der Waals surface area contributed by atoms with Crippen molar-refractivity contribution in [1.29, 1.82) is 0 Å². The van der Waals surface area contributed by atoms with Crippen molar-refractivity contribution in [2.75, 3.05) is 13.2 Å². The van der Waals surface area contributed by atoms with E-state index in [2.05, 4.69) is 0 Å². The summed E-state index contributed by atoms with van der Waals surface area (Å²) in [6.45, 7) is 10.8. The smallest absolute Gasteiger partial charge is 0.402 e. The van der Waals surface area contributed by atoms with Crippen LogP contribution in [0, 0.1) is 0 Å². The van der Waals surface area contributed by atoms with Crippen molar-refractivity contribution in [3.8, 4) is 0 Å². The third kappa shape index (κ3) is 6.64. The third-order valence-corrected chi connectivity index (χ3v) is 6.99. The Morgan fingerprint density at radius 2 is 1.38 bits per heavy atom. The van der Waals surface area contributed by atoms with Gasteiger partial charge in [-0.2, -0.15) is 0 Å². The molecular weight excluding hydrogens is 224 g/mol. The lowest BCUT2D eigenvalue weighted by molar-refractivity contribution is 0.123. The highest BCUT2D eigenvalue weighted by Gasteiger charge is 2.40. The van der Waals surface area contributed by atoms with Crippen LogP contribution in [0.2, 0.25) is 19.6 Å². The average Bonchev–Trinajstić information content (AvgIpc) is 1.82. The van der Waals surface area contributed by atoms with E-state index in [0.29, 0.717) is 13.2 Å². The number of hydrogen-bond acceptors (Lipinski definition) is 3. The van der Waals surface area contributed by atoms with E-state index in [-0.39, 0.29) is 0 Å². The summed E-state index contributed by atoms with van der Waals surface area (Å²) >= 11 is 6.08. The first kappa shape index (κ1) is 13.6. The Labute approximate surface area is 87.5 Å². The molecular formula is C7H19ClO3Si2. The van der Waals surface area contributed by atoms with Crippen molar-refractivity contribution in [2.24, 2.45) is 0 Å². The molecule has 0 fully saturated rings. The summed E-state index contributed by atoms with van der Waals surface area (Å²) in [4.78, 5) is 0. The SMILES string of the molecule is CCO[Si](C)(OCC)O[Si](C)(C)Cl. The maximum Gasteiger partial charge on any atom is 0.488 e. The van der Waals surface area contributed by atoms with E-state index in [1.807, 2.05) is 33.5 Å². The lowest BCUT2D eigenvalue weighted by Crippen LogP contribution is -2.49. The van der Waals surface area contributed by atoms with Gasteiger partial charge in [0, 0.05) is 19.8 Å². The minimum atomic E-state index is -2.46. The maximum absolute atomic E-state index is 6.08. The van der Waals surface area contributed by atoms with Crippen LogP contribution < -0.4 is 0 Å². The van der Waals surface area contributed by atoms with Crippen LogP contribution in [-0.2, 0) is 13.0 Å². The van der Waals surface area contributed by atoms with E-state index in [9.17, 15) is 0 Å². The fourth-order valence-corrected chi connectivity index (χ4v) is 7.46. The molecule has 0 amide bonds. The molecule has 0 saturated carbocycles. The first-order chi connectivity index (χ1) is 5.83. The van der Waals surface area contributed by atoms with Crippen molar-refractivity contribution in [3.63, 3.8) is 0 Å². The summed E-state index contributed by atoms with van der Waals surface area (Å²) in [6, 6.07) is 0. The van der Waals surface area contributed by atoms with E-state index >= 15 is 0 Å². The van der Waals surface area contributed by atoms with Crippen molar-refractivity contribution < 1.29 is 13.0 Å². The fourth-order valence-electron chi connectivity index (χ4n) is 1.07. The molecule has 0 aromatic rings. The lowest BCUT2D eigenvalue weighted by atomic mass is 10.9. The third-order valence-electron chi connectivity index (χ3n) is 1.24. The number of hydrogen-bond donors (Lipinski definition) is 0. The summed E-state index contributed by atoms with van der Waals surface area (Å²) in [7, 11) is -4.54. The Kier molecular flexibility index (Phi) is 5.73. The van der Waals surface area contributed by atoms with Gasteiger partial charge in [0.15, 0.2) is 0 Å². The van der Waals surface area contributed by atoms with Crippen LogP contribution in [0.3, 0.4) is 0 Å². The molecule has 80 valence electrons. The minimum absolute atomic E-state index is 0.601. The molecule has 0 aliphatic heterocycles. The van der Waals surface area contributed by atoms with Gasteiger partial charge < -0.3 is 13.0 Å². The van der Waals surface area contributed by atoms with Gasteiger partial charge in [0.1, 0.15) is 0 Å². The van der Waals surface area contributed by atoms with Gasteiger partial charge in [-0.05, 0) is 26.9 Å². The molecule has 0 aliphatic rings. The van der Waals surface area contributed by atoms with Crippen LogP contribution in [0.1, 0.15) is 13.8 Å². The summed E-state index contributed by atoms with van der Waals surface area (Å²) in [5.74, 6) is 0. The molecule has 0 radical (unpaired) electrons. The highest BCUT2D eigenvalue weighted by atomic mass is 35.6. The maximum atomic E-state index is 6.08. The molecule has 0 saturated heterocycles. The highest BCUT2D eigenvalue weighted by Crippen LogP contribution is 2.19. The van der Waals surface area contributed by atoms with Gasteiger partial charge in [0.05, 0.1) is 0 Å². The summed E-state index contributed by atoms with van der Waals surface area (Å²) in [6.07, 6.45) is 0. The van der Waals surface area contributed by atoms with Crippen LogP contribution >= 0.6 is 11.1 Å². The van der Waals surface area contributed by atoms with Gasteiger partial charge in [-0.1, -0.05) is 0 Å². The van der Waals surface area contributed by atoms with Crippen LogP contribution in [0.15, 0.2) is 0 Å². The van der Waals surface area contributed by atoms with Crippen LogP contribution in [0.5, 0.6) is 0 Å². The zero-order valence-corrected chi connectivity index (χ0v) is 11.8. The van der Waals surface area contributed by atoms with E-state index in [1.54, 1.807) is 0 Å². The molecule has 0 heterocycles. The molecule has 0 unspecified atom stereocenters. The summed E-state index contributed by atoms with van der Waals surface area (Å²) in [5, 5.41) is 0. The molecule has 6 heteroatoms. The molecule has 13 heavy (non-hydrogen) atoms. The van der Waals surface area contributed by atoms with Gasteiger partial charge in [0.2, 0.25) is 0 Å². The summed E-state index contributed by atoms with van der Waals surface area (Å²) in [5.41, 5.74) is 0. The van der Waals surface area contributed by atoms with Crippen LogP contribution in [-0.4, -0.2) is 29.6 Å². The molecule has 0 rings (SSSR count). The van der Waals surface area contributed by atoms with Crippen molar-refractivity contribution in [2.45, 2.75) is 33.5 Å². The van der Waals surface area contributed by atoms with Crippen molar-refractivity contribution in [3.05, 3.63) is 0 Å². The molecule has 0 atom stereocenters. The van der Waals surface area contributed by atoms with Gasteiger partial charge in [-0.25, -0.2) is 0 Å². The predicted molar refractivity (Wildman–Crippen MR) is 59.3 cm³/mol. The Hall–Kier alpha value is 0.604. The fraction of sp³-hybridized carbons (Fsp3) is 1.00. The first-order valence-corrected chi connectivity index (χ1v) is 10.6. The Morgan fingerprint density at radius 1 is 1.00 bits per heavy atom. The second kappa shape index (κ2) is 5.48. The lowest BCUT2D eigenvalue weighted by Gasteiger charge is -2.30. The highest BCUT2D eigenvalue weighted by molar-refractivity contribution is 7.17. The normalized spacial score (nSPS) is 13.4. The van der Waals surface area contributed by atoms with E-state index < -0.39 is 16.4 Å². The van der Waals surface area contributed by atoms with Crippen LogP contribution in [0.25, 0.3) is 0 Å². The van der Waals surface area contributed by atoms with Gasteiger partial charge >= 0.3 is 8.80 Å². The molecule has 3 nitrogen and oxygen atoms in total. The van der Waals surface area contributed by atoms with Gasteiger partial charge in [0.25, 0.3) is 7.63 Å². The predicted octanol–water partition coefficient (Wildman–Crippen LogP) is 2.59. The van der Waals surface area contributed by atoms with E-state index in [1.165, 1.54) is 0 Å². The standard InChI is InChI=1S/C7H19ClO3Si2/c1-6-9-13(5,10-7-2)11-12(3,4)8/h6-7H2,1-5H3. The quantitative estimate of drug-likeness (QED) is 0.529. The minimum Gasteiger partial charge on any atom is -0.402 e. The monoisotopic (exact) mass is 242 g/mol. The molecule has 0 aliphatic carbocycles. The average molecular weight is 243 g/mol.